The Hall–Kier alpha value is -1.67. The number of nitro groups is 1. The molecule has 1 rings (SSSR count). The van der Waals surface area contributed by atoms with Crippen LogP contribution in [0.15, 0.2) is 0 Å². The number of anilines is 1. The Morgan fingerprint density at radius 2 is 2.28 bits per heavy atom. The standard InChI is InChI=1S/C10H18N4O4/c1-8-9(14(16)17)10(13(2)12-8)11-4-3-6-18-7-5-15/h11,15H,3-7H2,1-2H3. The van der Waals surface area contributed by atoms with Gasteiger partial charge in [0.15, 0.2) is 0 Å². The molecule has 0 radical (unpaired) electrons. The van der Waals surface area contributed by atoms with Gasteiger partial charge in [-0.3, -0.25) is 10.1 Å². The third-order valence-corrected chi connectivity index (χ3v) is 2.37. The fraction of sp³-hybridized carbons (Fsp3) is 0.700. The van der Waals surface area contributed by atoms with Crippen LogP contribution in [0.4, 0.5) is 11.5 Å². The zero-order valence-corrected chi connectivity index (χ0v) is 10.5. The topological polar surface area (TPSA) is 102 Å². The molecule has 0 fully saturated rings. The molecule has 0 spiro atoms. The second kappa shape index (κ2) is 6.92. The predicted molar refractivity (Wildman–Crippen MR) is 65.6 cm³/mol. The van der Waals surface area contributed by atoms with Crippen molar-refractivity contribution in [3.05, 3.63) is 15.8 Å². The lowest BCUT2D eigenvalue weighted by molar-refractivity contribution is -0.384. The van der Waals surface area contributed by atoms with E-state index in [1.54, 1.807) is 14.0 Å². The molecule has 18 heavy (non-hydrogen) atoms. The first-order chi connectivity index (χ1) is 8.57. The van der Waals surface area contributed by atoms with Gasteiger partial charge in [-0.15, -0.1) is 0 Å². The molecule has 0 unspecified atom stereocenters. The van der Waals surface area contributed by atoms with Crippen molar-refractivity contribution in [1.29, 1.82) is 0 Å². The molecule has 0 aliphatic rings. The maximum Gasteiger partial charge on any atom is 0.333 e. The average molecular weight is 258 g/mol. The Labute approximate surface area is 105 Å². The second-order valence-corrected chi connectivity index (χ2v) is 3.78. The third-order valence-electron chi connectivity index (χ3n) is 2.37. The number of aromatic nitrogens is 2. The molecule has 8 heteroatoms. The Balaban J connectivity index is 2.49. The number of ether oxygens (including phenoxy) is 1. The van der Waals surface area contributed by atoms with Gasteiger partial charge in [0.2, 0.25) is 5.82 Å². The van der Waals surface area contributed by atoms with Crippen molar-refractivity contribution >= 4 is 11.5 Å². The molecule has 1 aromatic rings. The van der Waals surface area contributed by atoms with Gasteiger partial charge in [-0.25, -0.2) is 4.68 Å². The number of aliphatic hydroxyl groups excluding tert-OH is 1. The van der Waals surface area contributed by atoms with Crippen molar-refractivity contribution in [3.8, 4) is 0 Å². The summed E-state index contributed by atoms with van der Waals surface area (Å²) in [7, 11) is 1.66. The summed E-state index contributed by atoms with van der Waals surface area (Å²) in [5.74, 6) is 0.402. The van der Waals surface area contributed by atoms with E-state index in [9.17, 15) is 10.1 Å². The molecule has 0 aliphatic heterocycles. The maximum atomic E-state index is 10.9. The van der Waals surface area contributed by atoms with Crippen LogP contribution in [0.25, 0.3) is 0 Å². The molecule has 0 saturated carbocycles. The lowest BCUT2D eigenvalue weighted by Crippen LogP contribution is -2.11. The van der Waals surface area contributed by atoms with Gasteiger partial charge in [0.25, 0.3) is 0 Å². The Bertz CT molecular complexity index is 405. The van der Waals surface area contributed by atoms with Crippen molar-refractivity contribution in [2.45, 2.75) is 13.3 Å². The Morgan fingerprint density at radius 3 is 2.89 bits per heavy atom. The van der Waals surface area contributed by atoms with E-state index in [0.29, 0.717) is 37.7 Å². The van der Waals surface area contributed by atoms with E-state index in [1.165, 1.54) is 4.68 Å². The van der Waals surface area contributed by atoms with Crippen LogP contribution in [0, 0.1) is 17.0 Å². The van der Waals surface area contributed by atoms with Crippen molar-refractivity contribution < 1.29 is 14.8 Å². The highest BCUT2D eigenvalue weighted by atomic mass is 16.6. The van der Waals surface area contributed by atoms with Gasteiger partial charge in [-0.2, -0.15) is 5.10 Å². The lowest BCUT2D eigenvalue weighted by Gasteiger charge is -2.06. The lowest BCUT2D eigenvalue weighted by atomic mass is 10.3. The van der Waals surface area contributed by atoms with E-state index >= 15 is 0 Å². The van der Waals surface area contributed by atoms with Crippen LogP contribution in [0.1, 0.15) is 12.1 Å². The van der Waals surface area contributed by atoms with Gasteiger partial charge in [0.05, 0.1) is 18.1 Å². The molecule has 0 saturated heterocycles. The first kappa shape index (κ1) is 14.4. The maximum absolute atomic E-state index is 10.9. The van der Waals surface area contributed by atoms with Gasteiger partial charge >= 0.3 is 5.69 Å². The fourth-order valence-corrected chi connectivity index (χ4v) is 1.61. The number of nitrogens with zero attached hydrogens (tertiary/aromatic N) is 3. The number of aliphatic hydroxyl groups is 1. The molecular formula is C10H18N4O4. The highest BCUT2D eigenvalue weighted by molar-refractivity contribution is 5.59. The van der Waals surface area contributed by atoms with Crippen LogP contribution in [0.5, 0.6) is 0 Å². The number of aryl methyl sites for hydroxylation is 2. The van der Waals surface area contributed by atoms with Gasteiger partial charge in [0.1, 0.15) is 5.69 Å². The van der Waals surface area contributed by atoms with E-state index in [1.807, 2.05) is 0 Å². The number of rotatable bonds is 8. The number of nitrogens with one attached hydrogen (secondary N) is 1. The van der Waals surface area contributed by atoms with Gasteiger partial charge in [0, 0.05) is 20.2 Å². The fourth-order valence-electron chi connectivity index (χ4n) is 1.61. The average Bonchev–Trinajstić information content (AvgIpc) is 2.58. The molecule has 1 heterocycles. The molecule has 0 amide bonds. The Kier molecular flexibility index (Phi) is 5.53. The minimum absolute atomic E-state index is 0.000173. The molecule has 1 aromatic heterocycles. The highest BCUT2D eigenvalue weighted by Gasteiger charge is 2.23. The summed E-state index contributed by atoms with van der Waals surface area (Å²) in [5.41, 5.74) is 0.398. The van der Waals surface area contributed by atoms with Crippen LogP contribution < -0.4 is 5.32 Å². The van der Waals surface area contributed by atoms with Crippen LogP contribution >= 0.6 is 0 Å². The van der Waals surface area contributed by atoms with Crippen LogP contribution in [0.2, 0.25) is 0 Å². The third kappa shape index (κ3) is 3.67. The van der Waals surface area contributed by atoms with Crippen molar-refractivity contribution in [2.24, 2.45) is 7.05 Å². The highest BCUT2D eigenvalue weighted by Crippen LogP contribution is 2.26. The summed E-state index contributed by atoms with van der Waals surface area (Å²) in [6.45, 7) is 2.96. The van der Waals surface area contributed by atoms with Crippen molar-refractivity contribution in [2.75, 3.05) is 31.7 Å². The zero-order valence-electron chi connectivity index (χ0n) is 10.5. The minimum Gasteiger partial charge on any atom is -0.394 e. The first-order valence-corrected chi connectivity index (χ1v) is 5.68. The monoisotopic (exact) mass is 258 g/mol. The summed E-state index contributed by atoms with van der Waals surface area (Å²) in [6.07, 6.45) is 0.696. The van der Waals surface area contributed by atoms with Crippen molar-refractivity contribution in [3.63, 3.8) is 0 Å². The summed E-state index contributed by atoms with van der Waals surface area (Å²) < 4.78 is 6.55. The van der Waals surface area contributed by atoms with E-state index < -0.39 is 4.92 Å². The summed E-state index contributed by atoms with van der Waals surface area (Å²) in [6, 6.07) is 0. The molecule has 0 bridgehead atoms. The Morgan fingerprint density at radius 1 is 1.56 bits per heavy atom. The normalized spacial score (nSPS) is 10.6. The summed E-state index contributed by atoms with van der Waals surface area (Å²) in [5, 5.41) is 26.4. The zero-order chi connectivity index (χ0) is 13.5. The van der Waals surface area contributed by atoms with Crippen LogP contribution in [0.3, 0.4) is 0 Å². The predicted octanol–water partition coefficient (Wildman–Crippen LogP) is 0.448. The molecule has 8 nitrogen and oxygen atoms in total. The van der Waals surface area contributed by atoms with Crippen molar-refractivity contribution in [1.82, 2.24) is 9.78 Å². The largest absolute Gasteiger partial charge is 0.394 e. The van der Waals surface area contributed by atoms with E-state index in [4.69, 9.17) is 9.84 Å². The van der Waals surface area contributed by atoms with Crippen LogP contribution in [-0.4, -0.2) is 46.2 Å². The van der Waals surface area contributed by atoms with Crippen LogP contribution in [-0.2, 0) is 11.8 Å². The molecule has 2 N–H and O–H groups in total. The summed E-state index contributed by atoms with van der Waals surface area (Å²) in [4.78, 5) is 10.5. The van der Waals surface area contributed by atoms with E-state index in [-0.39, 0.29) is 12.3 Å². The van der Waals surface area contributed by atoms with Gasteiger partial charge in [-0.1, -0.05) is 0 Å². The second-order valence-electron chi connectivity index (χ2n) is 3.78. The minimum atomic E-state index is -0.438. The smallest absolute Gasteiger partial charge is 0.333 e. The molecule has 0 atom stereocenters. The number of hydrogen-bond acceptors (Lipinski definition) is 6. The van der Waals surface area contributed by atoms with Gasteiger partial charge in [-0.05, 0) is 13.3 Å². The first-order valence-electron chi connectivity index (χ1n) is 5.68. The van der Waals surface area contributed by atoms with E-state index in [2.05, 4.69) is 10.4 Å². The molecular weight excluding hydrogens is 240 g/mol. The number of hydrogen-bond donors (Lipinski definition) is 2. The van der Waals surface area contributed by atoms with E-state index in [0.717, 1.165) is 0 Å². The molecule has 102 valence electrons. The quantitative estimate of drug-likeness (QED) is 0.398. The SMILES string of the molecule is Cc1nn(C)c(NCCCOCCO)c1[N+](=O)[O-]. The molecule has 0 aromatic carbocycles. The molecule has 0 aliphatic carbocycles. The summed E-state index contributed by atoms with van der Waals surface area (Å²) >= 11 is 0. The van der Waals surface area contributed by atoms with Gasteiger partial charge < -0.3 is 15.2 Å².